The van der Waals surface area contributed by atoms with Crippen molar-refractivity contribution in [2.24, 2.45) is 0 Å². The standard InChI is InChI=1S/C21H26ClN3O5/c1-23(2)20(28)14-17(21(29)30-3)25-12-11-24(10-9-19(25)27)18(26)8-7-15-5-4-6-16(22)13-15/h4-8,13,17H,9-12,14H2,1-3H3. The van der Waals surface area contributed by atoms with Crippen molar-refractivity contribution >= 4 is 41.4 Å². The lowest BCUT2D eigenvalue weighted by molar-refractivity contribution is -0.155. The number of amides is 3. The fourth-order valence-corrected chi connectivity index (χ4v) is 3.28. The van der Waals surface area contributed by atoms with E-state index in [9.17, 15) is 19.2 Å². The van der Waals surface area contributed by atoms with E-state index in [0.29, 0.717) is 5.02 Å². The first kappa shape index (κ1) is 23.4. The second-order valence-corrected chi connectivity index (χ2v) is 7.52. The lowest BCUT2D eigenvalue weighted by Crippen LogP contribution is -2.48. The van der Waals surface area contributed by atoms with Gasteiger partial charge in [-0.25, -0.2) is 4.79 Å². The Morgan fingerprint density at radius 1 is 1.23 bits per heavy atom. The first-order chi connectivity index (χ1) is 14.2. The highest BCUT2D eigenvalue weighted by molar-refractivity contribution is 6.30. The summed E-state index contributed by atoms with van der Waals surface area (Å²) >= 11 is 5.95. The van der Waals surface area contributed by atoms with Crippen LogP contribution >= 0.6 is 11.6 Å². The van der Waals surface area contributed by atoms with Gasteiger partial charge in [-0.3, -0.25) is 14.4 Å². The molecule has 1 heterocycles. The first-order valence-electron chi connectivity index (χ1n) is 9.53. The fraction of sp³-hybridized carbons (Fsp3) is 0.429. The van der Waals surface area contributed by atoms with Gasteiger partial charge in [0.2, 0.25) is 17.7 Å². The van der Waals surface area contributed by atoms with Crippen LogP contribution < -0.4 is 0 Å². The van der Waals surface area contributed by atoms with Crippen molar-refractivity contribution in [2.75, 3.05) is 40.8 Å². The maximum Gasteiger partial charge on any atom is 0.329 e. The Hall–Kier alpha value is -2.87. The van der Waals surface area contributed by atoms with Crippen molar-refractivity contribution < 1.29 is 23.9 Å². The van der Waals surface area contributed by atoms with E-state index in [-0.39, 0.29) is 50.2 Å². The van der Waals surface area contributed by atoms with Crippen molar-refractivity contribution in [3.05, 3.63) is 40.9 Å². The van der Waals surface area contributed by atoms with Crippen molar-refractivity contribution in [2.45, 2.75) is 18.9 Å². The maximum absolute atomic E-state index is 12.6. The third-order valence-electron chi connectivity index (χ3n) is 4.82. The molecule has 0 radical (unpaired) electrons. The Bertz CT molecular complexity index is 840. The summed E-state index contributed by atoms with van der Waals surface area (Å²) in [6, 6.07) is 6.08. The minimum Gasteiger partial charge on any atom is -0.467 e. The largest absolute Gasteiger partial charge is 0.467 e. The molecule has 3 amide bonds. The topological polar surface area (TPSA) is 87.2 Å². The number of esters is 1. The minimum atomic E-state index is -1.02. The van der Waals surface area contributed by atoms with Gasteiger partial charge in [-0.1, -0.05) is 23.7 Å². The Morgan fingerprint density at radius 3 is 2.60 bits per heavy atom. The zero-order valence-corrected chi connectivity index (χ0v) is 18.1. The van der Waals surface area contributed by atoms with Crippen LogP contribution in [-0.2, 0) is 23.9 Å². The second-order valence-electron chi connectivity index (χ2n) is 7.08. The van der Waals surface area contributed by atoms with Gasteiger partial charge in [-0.15, -0.1) is 0 Å². The number of hydrogen-bond acceptors (Lipinski definition) is 5. The average Bonchev–Trinajstić information content (AvgIpc) is 2.91. The fourth-order valence-electron chi connectivity index (χ4n) is 3.08. The number of carbonyl (C=O) groups excluding carboxylic acids is 4. The highest BCUT2D eigenvalue weighted by Gasteiger charge is 2.35. The van der Waals surface area contributed by atoms with Crippen LogP contribution in [0.15, 0.2) is 30.3 Å². The molecule has 0 N–H and O–H groups in total. The molecular formula is C21H26ClN3O5. The average molecular weight is 436 g/mol. The zero-order chi connectivity index (χ0) is 22.3. The lowest BCUT2D eigenvalue weighted by Gasteiger charge is -2.29. The third-order valence-corrected chi connectivity index (χ3v) is 5.06. The van der Waals surface area contributed by atoms with E-state index >= 15 is 0 Å². The third kappa shape index (κ3) is 6.32. The second kappa shape index (κ2) is 10.8. The van der Waals surface area contributed by atoms with E-state index in [1.54, 1.807) is 43.3 Å². The Kier molecular flexibility index (Phi) is 8.41. The van der Waals surface area contributed by atoms with Crippen LogP contribution in [0.25, 0.3) is 6.08 Å². The molecule has 1 aromatic rings. The molecule has 0 aromatic heterocycles. The molecule has 1 fully saturated rings. The van der Waals surface area contributed by atoms with E-state index in [0.717, 1.165) is 5.56 Å². The quantitative estimate of drug-likeness (QED) is 0.498. The highest BCUT2D eigenvalue weighted by atomic mass is 35.5. The van der Waals surface area contributed by atoms with Gasteiger partial charge in [-0.05, 0) is 23.8 Å². The number of ether oxygens (including phenoxy) is 1. The van der Waals surface area contributed by atoms with Gasteiger partial charge in [-0.2, -0.15) is 0 Å². The summed E-state index contributed by atoms with van der Waals surface area (Å²) in [5.41, 5.74) is 0.788. The molecule has 1 aliphatic rings. The number of nitrogens with zero attached hydrogens (tertiary/aromatic N) is 3. The molecule has 1 unspecified atom stereocenters. The molecule has 8 nitrogen and oxygen atoms in total. The van der Waals surface area contributed by atoms with Gasteiger partial charge in [0, 0.05) is 51.2 Å². The maximum atomic E-state index is 12.6. The van der Waals surface area contributed by atoms with E-state index < -0.39 is 12.0 Å². The Labute approximate surface area is 181 Å². The smallest absolute Gasteiger partial charge is 0.329 e. The monoisotopic (exact) mass is 435 g/mol. The molecule has 9 heteroatoms. The van der Waals surface area contributed by atoms with Crippen LogP contribution in [0.2, 0.25) is 5.02 Å². The summed E-state index contributed by atoms with van der Waals surface area (Å²) in [5.74, 6) is -1.49. The number of rotatable bonds is 6. The molecule has 1 aliphatic heterocycles. The van der Waals surface area contributed by atoms with E-state index in [1.165, 1.54) is 23.0 Å². The normalized spacial score (nSPS) is 15.7. The van der Waals surface area contributed by atoms with Gasteiger partial charge in [0.15, 0.2) is 0 Å². The van der Waals surface area contributed by atoms with Crippen LogP contribution in [0.3, 0.4) is 0 Å². The molecule has 0 aliphatic carbocycles. The lowest BCUT2D eigenvalue weighted by atomic mass is 10.1. The molecule has 1 saturated heterocycles. The molecule has 0 saturated carbocycles. The molecule has 0 spiro atoms. The number of benzene rings is 1. The van der Waals surface area contributed by atoms with Crippen molar-refractivity contribution in [1.82, 2.24) is 14.7 Å². The van der Waals surface area contributed by atoms with Crippen LogP contribution in [0.4, 0.5) is 0 Å². The van der Waals surface area contributed by atoms with E-state index in [1.807, 2.05) is 6.07 Å². The van der Waals surface area contributed by atoms with Gasteiger partial charge in [0.25, 0.3) is 0 Å². The van der Waals surface area contributed by atoms with Crippen molar-refractivity contribution in [3.63, 3.8) is 0 Å². The molecule has 0 bridgehead atoms. The summed E-state index contributed by atoms with van der Waals surface area (Å²) in [6.07, 6.45) is 2.97. The van der Waals surface area contributed by atoms with Crippen LogP contribution in [0, 0.1) is 0 Å². The van der Waals surface area contributed by atoms with Gasteiger partial charge < -0.3 is 19.4 Å². The Morgan fingerprint density at radius 2 is 1.97 bits per heavy atom. The number of hydrogen-bond donors (Lipinski definition) is 0. The first-order valence-corrected chi connectivity index (χ1v) is 9.90. The summed E-state index contributed by atoms with van der Waals surface area (Å²) < 4.78 is 4.80. The van der Waals surface area contributed by atoms with Crippen LogP contribution in [-0.4, -0.2) is 85.3 Å². The highest BCUT2D eigenvalue weighted by Crippen LogP contribution is 2.15. The summed E-state index contributed by atoms with van der Waals surface area (Å²) in [6.45, 7) is 0.605. The van der Waals surface area contributed by atoms with Crippen LogP contribution in [0.1, 0.15) is 18.4 Å². The molecular weight excluding hydrogens is 410 g/mol. The van der Waals surface area contributed by atoms with E-state index in [2.05, 4.69) is 0 Å². The molecule has 1 atom stereocenters. The molecule has 162 valence electrons. The summed E-state index contributed by atoms with van der Waals surface area (Å²) in [7, 11) is 4.37. The minimum absolute atomic E-state index is 0.0559. The molecule has 30 heavy (non-hydrogen) atoms. The van der Waals surface area contributed by atoms with Crippen LogP contribution in [0.5, 0.6) is 0 Å². The summed E-state index contributed by atoms with van der Waals surface area (Å²) in [5, 5.41) is 0.571. The Balaban J connectivity index is 2.09. The van der Waals surface area contributed by atoms with Gasteiger partial charge in [0.05, 0.1) is 13.5 Å². The van der Waals surface area contributed by atoms with Gasteiger partial charge >= 0.3 is 5.97 Å². The molecule has 2 rings (SSSR count). The summed E-state index contributed by atoms with van der Waals surface area (Å²) in [4.78, 5) is 53.8. The van der Waals surface area contributed by atoms with E-state index in [4.69, 9.17) is 16.3 Å². The van der Waals surface area contributed by atoms with Crippen molar-refractivity contribution in [1.29, 1.82) is 0 Å². The zero-order valence-electron chi connectivity index (χ0n) is 17.3. The van der Waals surface area contributed by atoms with Gasteiger partial charge in [0.1, 0.15) is 6.04 Å². The number of halogens is 1. The predicted octanol–water partition coefficient (Wildman–Crippen LogP) is 1.43. The number of carbonyl (C=O) groups is 4. The number of methoxy groups -OCH3 is 1. The van der Waals surface area contributed by atoms with Crippen molar-refractivity contribution in [3.8, 4) is 0 Å². The SMILES string of the molecule is COC(=O)C(CC(=O)N(C)C)N1CCN(C(=O)C=Cc2cccc(Cl)c2)CCC1=O. The molecule has 1 aromatic carbocycles. The predicted molar refractivity (Wildman–Crippen MR) is 113 cm³/mol.